The molecule has 1 aliphatic carbocycles. The largest absolute Gasteiger partial charge is 0.493 e. The quantitative estimate of drug-likeness (QED) is 0.0685. The monoisotopic (exact) mass is 741 g/mol. The molecule has 0 saturated heterocycles. The van der Waals surface area contributed by atoms with Crippen molar-refractivity contribution in [3.8, 4) is 11.5 Å². The Labute approximate surface area is 303 Å². The standard InChI is InChI=1S/C36H49FN7O7P/c1-35(2,3)50-52(46,51-36(4,5)6)49-17-15-44(27-12-13-27)14-9-16-48-31-22-29-28(21-30(31)47-7)34(39-23-38-29)41-32-19-26(42-43-32)20-33(45)40-25-11-8-10-24(37)18-25/h8,10-11,18-19,21-23,27H,9,12-17,20H2,1-7H3,(H,40,45)(H2,38,39,41,42,43). The van der Waals surface area contributed by atoms with Crippen LogP contribution in [0.25, 0.3) is 10.9 Å². The fourth-order valence-corrected chi connectivity index (χ4v) is 7.19. The number of aromatic amines is 1. The topological polar surface area (TPSA) is 162 Å². The Bertz CT molecular complexity index is 1850. The molecule has 2 aromatic heterocycles. The highest BCUT2D eigenvalue weighted by Crippen LogP contribution is 2.55. The van der Waals surface area contributed by atoms with Gasteiger partial charge in [0.2, 0.25) is 5.91 Å². The number of halogens is 1. The van der Waals surface area contributed by atoms with Gasteiger partial charge in [-0.25, -0.2) is 18.9 Å². The molecule has 1 saturated carbocycles. The predicted molar refractivity (Wildman–Crippen MR) is 197 cm³/mol. The lowest BCUT2D eigenvalue weighted by Crippen LogP contribution is -2.32. The third-order valence-corrected chi connectivity index (χ3v) is 9.61. The van der Waals surface area contributed by atoms with E-state index >= 15 is 0 Å². The van der Waals surface area contributed by atoms with E-state index in [0.29, 0.717) is 64.6 Å². The molecular formula is C36H49FN7O7P. The number of phosphoric ester groups is 1. The summed E-state index contributed by atoms with van der Waals surface area (Å²) in [4.78, 5) is 23.6. The van der Waals surface area contributed by atoms with Gasteiger partial charge in [-0.3, -0.25) is 28.4 Å². The van der Waals surface area contributed by atoms with Gasteiger partial charge in [-0.05, 0) is 85.1 Å². The number of rotatable bonds is 18. The van der Waals surface area contributed by atoms with Crippen molar-refractivity contribution in [1.29, 1.82) is 0 Å². The molecule has 14 nitrogen and oxygen atoms in total. The molecule has 282 valence electrons. The summed E-state index contributed by atoms with van der Waals surface area (Å²) < 4.78 is 56.0. The van der Waals surface area contributed by atoms with Gasteiger partial charge in [-0.1, -0.05) is 6.07 Å². The van der Waals surface area contributed by atoms with Gasteiger partial charge in [-0.2, -0.15) is 5.10 Å². The summed E-state index contributed by atoms with van der Waals surface area (Å²) in [5.74, 6) is 1.25. The van der Waals surface area contributed by atoms with E-state index in [0.717, 1.165) is 25.8 Å². The van der Waals surface area contributed by atoms with Crippen molar-refractivity contribution in [2.75, 3.05) is 44.0 Å². The van der Waals surface area contributed by atoms with Gasteiger partial charge in [0.05, 0.1) is 43.5 Å². The van der Waals surface area contributed by atoms with Crippen molar-refractivity contribution in [3.63, 3.8) is 0 Å². The van der Waals surface area contributed by atoms with Gasteiger partial charge < -0.3 is 20.1 Å². The Morgan fingerprint density at radius 2 is 1.75 bits per heavy atom. The SMILES string of the molecule is COc1cc2c(Nc3cc(CC(=O)Nc4cccc(F)c4)[nH]n3)ncnc2cc1OCCCN(CCOP(=O)(OC(C)(C)C)OC(C)(C)C)C1CC1. The molecule has 0 bridgehead atoms. The molecule has 0 aliphatic heterocycles. The fraction of sp³-hybridized carbons (Fsp3) is 0.500. The average Bonchev–Trinajstić information content (AvgIpc) is 3.79. The van der Waals surface area contributed by atoms with E-state index in [4.69, 9.17) is 23.0 Å². The van der Waals surface area contributed by atoms with Crippen LogP contribution in [0.15, 0.2) is 48.8 Å². The van der Waals surface area contributed by atoms with Gasteiger partial charge in [0.1, 0.15) is 18.0 Å². The van der Waals surface area contributed by atoms with Crippen LogP contribution in [0.4, 0.5) is 21.7 Å². The van der Waals surface area contributed by atoms with Gasteiger partial charge in [0.25, 0.3) is 0 Å². The van der Waals surface area contributed by atoms with Crippen molar-refractivity contribution in [3.05, 3.63) is 60.3 Å². The number of nitrogens with one attached hydrogen (secondary N) is 3. The first-order chi connectivity index (χ1) is 24.6. The second kappa shape index (κ2) is 16.7. The maximum Gasteiger partial charge on any atom is 0.475 e. The second-order valence-corrected chi connectivity index (χ2v) is 16.1. The first kappa shape index (κ1) is 39.1. The van der Waals surface area contributed by atoms with E-state index in [9.17, 15) is 13.8 Å². The Hall–Kier alpha value is -4.14. The lowest BCUT2D eigenvalue weighted by atomic mass is 10.2. The van der Waals surface area contributed by atoms with Crippen LogP contribution >= 0.6 is 7.82 Å². The normalized spacial score (nSPS) is 13.8. The summed E-state index contributed by atoms with van der Waals surface area (Å²) in [6.45, 7) is 12.9. The Morgan fingerprint density at radius 1 is 1.00 bits per heavy atom. The van der Waals surface area contributed by atoms with Crippen LogP contribution in [0.2, 0.25) is 0 Å². The van der Waals surface area contributed by atoms with Crippen LogP contribution in [0.3, 0.4) is 0 Å². The van der Waals surface area contributed by atoms with Crippen molar-refractivity contribution in [1.82, 2.24) is 25.1 Å². The molecule has 5 rings (SSSR count). The molecule has 0 radical (unpaired) electrons. The minimum absolute atomic E-state index is 0.0112. The van der Waals surface area contributed by atoms with Crippen LogP contribution in [-0.4, -0.2) is 81.6 Å². The zero-order valence-electron chi connectivity index (χ0n) is 30.8. The molecule has 3 N–H and O–H groups in total. The van der Waals surface area contributed by atoms with Gasteiger partial charge in [0.15, 0.2) is 17.3 Å². The van der Waals surface area contributed by atoms with E-state index in [1.54, 1.807) is 25.3 Å². The predicted octanol–water partition coefficient (Wildman–Crippen LogP) is 7.41. The molecule has 1 amide bonds. The third-order valence-electron chi connectivity index (χ3n) is 7.57. The molecule has 1 fully saturated rings. The average molecular weight is 742 g/mol. The zero-order chi connectivity index (χ0) is 37.5. The lowest BCUT2D eigenvalue weighted by Gasteiger charge is -2.31. The Morgan fingerprint density at radius 3 is 2.42 bits per heavy atom. The van der Waals surface area contributed by atoms with Crippen LogP contribution in [0.1, 0.15) is 66.5 Å². The Balaban J connectivity index is 1.15. The van der Waals surface area contributed by atoms with E-state index in [1.807, 2.05) is 47.6 Å². The highest BCUT2D eigenvalue weighted by atomic mass is 31.2. The number of hydrogen-bond donors (Lipinski definition) is 3. The molecule has 1 aliphatic rings. The Kier molecular flexibility index (Phi) is 12.5. The summed E-state index contributed by atoms with van der Waals surface area (Å²) in [6, 6.07) is 11.5. The van der Waals surface area contributed by atoms with Crippen molar-refractivity contribution in [2.24, 2.45) is 0 Å². The number of fused-ring (bicyclic) bond motifs is 1. The number of methoxy groups -OCH3 is 1. The molecular weight excluding hydrogens is 692 g/mol. The maximum atomic E-state index is 13.5. The molecule has 2 aromatic carbocycles. The number of amides is 1. The minimum Gasteiger partial charge on any atom is -0.493 e. The summed E-state index contributed by atoms with van der Waals surface area (Å²) in [6.07, 6.45) is 4.40. The van der Waals surface area contributed by atoms with Crippen molar-refractivity contribution in [2.45, 2.75) is 84.5 Å². The fourth-order valence-electron chi connectivity index (χ4n) is 5.40. The molecule has 2 heterocycles. The van der Waals surface area contributed by atoms with Crippen LogP contribution in [0.5, 0.6) is 11.5 Å². The van der Waals surface area contributed by atoms with Gasteiger partial charge in [-0.15, -0.1) is 0 Å². The number of benzene rings is 2. The highest BCUT2D eigenvalue weighted by molar-refractivity contribution is 7.48. The number of carbonyl (C=O) groups excluding carboxylic acids is 1. The maximum absolute atomic E-state index is 13.5. The van der Waals surface area contributed by atoms with E-state index in [2.05, 4.69) is 35.7 Å². The minimum atomic E-state index is -3.78. The summed E-state index contributed by atoms with van der Waals surface area (Å²) in [5.41, 5.74) is 0.174. The van der Waals surface area contributed by atoms with Gasteiger partial charge >= 0.3 is 7.82 Å². The van der Waals surface area contributed by atoms with E-state index < -0.39 is 24.8 Å². The molecule has 4 aromatic rings. The number of H-pyrrole nitrogens is 1. The van der Waals surface area contributed by atoms with Crippen LogP contribution < -0.4 is 20.1 Å². The number of aromatic nitrogens is 4. The number of phosphoric acid groups is 1. The number of nitrogens with zero attached hydrogens (tertiary/aromatic N) is 4. The number of ether oxygens (including phenoxy) is 2. The molecule has 16 heteroatoms. The first-order valence-electron chi connectivity index (χ1n) is 17.3. The van der Waals surface area contributed by atoms with E-state index in [-0.39, 0.29) is 18.9 Å². The summed E-state index contributed by atoms with van der Waals surface area (Å²) >= 11 is 0. The third kappa shape index (κ3) is 12.0. The number of anilines is 3. The smallest absolute Gasteiger partial charge is 0.475 e. The lowest BCUT2D eigenvalue weighted by molar-refractivity contribution is -0.115. The summed E-state index contributed by atoms with van der Waals surface area (Å²) in [7, 11) is -2.21. The van der Waals surface area contributed by atoms with Crippen molar-refractivity contribution >= 4 is 42.0 Å². The highest BCUT2D eigenvalue weighted by Gasteiger charge is 2.38. The molecule has 0 unspecified atom stereocenters. The number of hydrogen-bond acceptors (Lipinski definition) is 12. The van der Waals surface area contributed by atoms with Crippen LogP contribution in [-0.2, 0) is 29.4 Å². The molecule has 52 heavy (non-hydrogen) atoms. The first-order valence-corrected chi connectivity index (χ1v) is 18.8. The van der Waals surface area contributed by atoms with Crippen LogP contribution in [0, 0.1) is 5.82 Å². The van der Waals surface area contributed by atoms with E-state index in [1.165, 1.54) is 24.5 Å². The number of carbonyl (C=O) groups is 1. The second-order valence-electron chi connectivity index (χ2n) is 14.5. The molecule has 0 spiro atoms. The zero-order valence-corrected chi connectivity index (χ0v) is 31.7. The summed E-state index contributed by atoms with van der Waals surface area (Å²) in [5, 5.41) is 13.6. The van der Waals surface area contributed by atoms with Crippen molar-refractivity contribution < 1.29 is 36.8 Å². The van der Waals surface area contributed by atoms with Gasteiger partial charge in [0, 0.05) is 48.0 Å². The molecule has 0 atom stereocenters.